The number of fused-ring (bicyclic) bond motifs is 1. The fourth-order valence-corrected chi connectivity index (χ4v) is 2.09. The van der Waals surface area contributed by atoms with Gasteiger partial charge in [-0.15, -0.1) is 5.10 Å². The van der Waals surface area contributed by atoms with Crippen molar-refractivity contribution in [3.8, 4) is 0 Å². The van der Waals surface area contributed by atoms with Gasteiger partial charge < -0.3 is 10.1 Å². The number of anilines is 1. The summed E-state index contributed by atoms with van der Waals surface area (Å²) in [5.74, 6) is -0.769. The molecule has 0 aliphatic carbocycles. The number of hydrogen-bond acceptors (Lipinski definition) is 6. The second-order valence-electron chi connectivity index (χ2n) is 4.81. The maximum absolute atomic E-state index is 11.8. The van der Waals surface area contributed by atoms with Crippen molar-refractivity contribution >= 4 is 40.3 Å². The maximum atomic E-state index is 11.8. The van der Waals surface area contributed by atoms with Crippen molar-refractivity contribution in [1.82, 2.24) is 20.0 Å². The Morgan fingerprint density at radius 1 is 1.21 bits per heavy atom. The molecule has 0 saturated carbocycles. The van der Waals surface area contributed by atoms with E-state index in [1.165, 1.54) is 10.9 Å². The van der Waals surface area contributed by atoms with E-state index in [2.05, 4.69) is 20.6 Å². The lowest BCUT2D eigenvalue weighted by molar-refractivity contribution is -0.148. The van der Waals surface area contributed by atoms with E-state index in [1.54, 1.807) is 24.3 Å². The number of aromatic nitrogens is 4. The number of halogens is 1. The molecule has 9 heteroatoms. The topological polar surface area (TPSA) is 99.0 Å². The van der Waals surface area contributed by atoms with Crippen molar-refractivity contribution in [2.45, 2.75) is 6.54 Å². The van der Waals surface area contributed by atoms with E-state index >= 15 is 0 Å². The van der Waals surface area contributed by atoms with E-state index in [0.29, 0.717) is 21.9 Å². The first kappa shape index (κ1) is 15.9. The molecule has 122 valence electrons. The molecule has 0 atom stereocenters. The number of nitrogens with one attached hydrogen (secondary N) is 1. The van der Waals surface area contributed by atoms with Crippen LogP contribution in [0.2, 0.25) is 5.02 Å². The van der Waals surface area contributed by atoms with Gasteiger partial charge in [0.25, 0.3) is 5.91 Å². The third-order valence-corrected chi connectivity index (χ3v) is 3.28. The van der Waals surface area contributed by atoms with Gasteiger partial charge in [-0.25, -0.2) is 9.67 Å². The number of ether oxygens (including phenoxy) is 1. The van der Waals surface area contributed by atoms with Crippen molar-refractivity contribution in [2.24, 2.45) is 0 Å². The Bertz CT molecular complexity index is 878. The summed E-state index contributed by atoms with van der Waals surface area (Å²) in [6.45, 7) is -0.553. The number of esters is 1. The van der Waals surface area contributed by atoms with E-state index in [4.69, 9.17) is 16.3 Å². The third-order valence-electron chi connectivity index (χ3n) is 3.06. The predicted molar refractivity (Wildman–Crippen MR) is 86.4 cm³/mol. The van der Waals surface area contributed by atoms with Crippen LogP contribution in [-0.4, -0.2) is 38.5 Å². The second kappa shape index (κ2) is 7.05. The van der Waals surface area contributed by atoms with Gasteiger partial charge in [0.1, 0.15) is 17.9 Å². The lowest BCUT2D eigenvalue weighted by atomic mass is 10.3. The molecular weight excluding hydrogens is 334 g/mol. The van der Waals surface area contributed by atoms with E-state index in [0.717, 1.165) is 0 Å². The highest BCUT2D eigenvalue weighted by Crippen LogP contribution is 2.10. The Morgan fingerprint density at radius 3 is 2.83 bits per heavy atom. The number of nitrogens with zero attached hydrogens (tertiary/aromatic N) is 4. The largest absolute Gasteiger partial charge is 0.454 e. The average molecular weight is 346 g/mol. The van der Waals surface area contributed by atoms with E-state index in [1.807, 2.05) is 12.1 Å². The quantitative estimate of drug-likeness (QED) is 0.706. The molecule has 0 unspecified atom stereocenters. The number of carbonyl (C=O) groups excluding carboxylic acids is 2. The number of carbonyl (C=O) groups is 2. The summed E-state index contributed by atoms with van der Waals surface area (Å²) in [6.07, 6.45) is 1.40. The van der Waals surface area contributed by atoms with Gasteiger partial charge in [-0.2, -0.15) is 0 Å². The number of rotatable bonds is 5. The molecule has 24 heavy (non-hydrogen) atoms. The van der Waals surface area contributed by atoms with Crippen molar-refractivity contribution in [1.29, 1.82) is 0 Å². The molecule has 3 aromatic rings. The number of hydrogen-bond donors (Lipinski definition) is 1. The summed E-state index contributed by atoms with van der Waals surface area (Å²) in [5, 5.41) is 10.8. The lowest BCUT2D eigenvalue weighted by Gasteiger charge is -2.06. The van der Waals surface area contributed by atoms with Crippen LogP contribution < -0.4 is 5.32 Å². The molecular formula is C15H12ClN5O3. The van der Waals surface area contributed by atoms with Crippen LogP contribution in [0.3, 0.4) is 0 Å². The van der Waals surface area contributed by atoms with Crippen LogP contribution >= 0.6 is 11.6 Å². The smallest absolute Gasteiger partial charge is 0.328 e. The summed E-state index contributed by atoms with van der Waals surface area (Å²) < 4.78 is 6.34. The fraction of sp³-hybridized carbons (Fsp3) is 0.133. The number of benzene rings is 1. The molecule has 0 radical (unpaired) electrons. The van der Waals surface area contributed by atoms with E-state index < -0.39 is 18.5 Å². The van der Waals surface area contributed by atoms with Crippen LogP contribution in [0.5, 0.6) is 0 Å². The van der Waals surface area contributed by atoms with Gasteiger partial charge in [0.2, 0.25) is 0 Å². The van der Waals surface area contributed by atoms with Crippen molar-refractivity contribution in [3.63, 3.8) is 0 Å². The van der Waals surface area contributed by atoms with Crippen LogP contribution in [0.4, 0.5) is 5.82 Å². The van der Waals surface area contributed by atoms with E-state index in [-0.39, 0.29) is 6.54 Å². The van der Waals surface area contributed by atoms with Crippen LogP contribution in [-0.2, 0) is 20.9 Å². The Labute approximate surface area is 141 Å². The Hall–Kier alpha value is -3.00. The zero-order valence-electron chi connectivity index (χ0n) is 12.3. The highest BCUT2D eigenvalue weighted by Gasteiger charge is 2.12. The van der Waals surface area contributed by atoms with Crippen molar-refractivity contribution in [3.05, 3.63) is 47.6 Å². The van der Waals surface area contributed by atoms with Gasteiger partial charge in [0.05, 0.1) is 10.5 Å². The predicted octanol–water partition coefficient (Wildman–Crippen LogP) is 1.66. The second-order valence-corrected chi connectivity index (χ2v) is 5.24. The Morgan fingerprint density at radius 2 is 2.04 bits per heavy atom. The van der Waals surface area contributed by atoms with Gasteiger partial charge in [-0.1, -0.05) is 28.9 Å². The molecule has 0 saturated heterocycles. The monoisotopic (exact) mass is 345 g/mol. The van der Waals surface area contributed by atoms with Gasteiger partial charge >= 0.3 is 5.97 Å². The summed E-state index contributed by atoms with van der Waals surface area (Å²) in [5.41, 5.74) is 1.39. The summed E-state index contributed by atoms with van der Waals surface area (Å²) in [6, 6.07) is 10.4. The summed E-state index contributed by atoms with van der Waals surface area (Å²) in [7, 11) is 0. The molecule has 2 heterocycles. The molecule has 2 aromatic heterocycles. The molecule has 1 aromatic carbocycles. The van der Waals surface area contributed by atoms with Crippen molar-refractivity contribution < 1.29 is 14.3 Å². The standard InChI is InChI=1S/C15H12ClN5O3/c16-10-5-6-13(17-7-10)18-14(22)9-24-15(23)8-21-12-4-2-1-3-11(12)19-20-21/h1-7H,8-9H2,(H,17,18,22). The molecule has 1 amide bonds. The minimum absolute atomic E-state index is 0.132. The molecule has 0 aliphatic heterocycles. The third kappa shape index (κ3) is 3.85. The van der Waals surface area contributed by atoms with E-state index in [9.17, 15) is 9.59 Å². The fourth-order valence-electron chi connectivity index (χ4n) is 1.98. The number of amides is 1. The van der Waals surface area contributed by atoms with Crippen LogP contribution in [0.15, 0.2) is 42.6 Å². The molecule has 0 fully saturated rings. The molecule has 0 bridgehead atoms. The van der Waals surface area contributed by atoms with Gasteiger partial charge in [-0.3, -0.25) is 9.59 Å². The number of para-hydroxylation sites is 1. The highest BCUT2D eigenvalue weighted by atomic mass is 35.5. The van der Waals surface area contributed by atoms with Crippen LogP contribution in [0, 0.1) is 0 Å². The SMILES string of the molecule is O=C(COC(=O)Cn1nnc2ccccc21)Nc1ccc(Cl)cn1. The first-order valence-electron chi connectivity index (χ1n) is 6.97. The minimum Gasteiger partial charge on any atom is -0.454 e. The Kier molecular flexibility index (Phi) is 4.66. The molecule has 3 rings (SSSR count). The maximum Gasteiger partial charge on any atom is 0.328 e. The van der Waals surface area contributed by atoms with Gasteiger partial charge in [-0.05, 0) is 24.3 Å². The Balaban J connectivity index is 1.52. The molecule has 0 aliphatic rings. The van der Waals surface area contributed by atoms with Gasteiger partial charge in [0, 0.05) is 6.20 Å². The summed E-state index contributed by atoms with van der Waals surface area (Å²) in [4.78, 5) is 27.5. The first-order chi connectivity index (χ1) is 11.6. The summed E-state index contributed by atoms with van der Waals surface area (Å²) >= 11 is 5.70. The number of pyridine rings is 1. The zero-order valence-corrected chi connectivity index (χ0v) is 13.1. The highest BCUT2D eigenvalue weighted by molar-refractivity contribution is 6.30. The average Bonchev–Trinajstić information content (AvgIpc) is 2.98. The van der Waals surface area contributed by atoms with Crippen LogP contribution in [0.1, 0.15) is 0 Å². The molecule has 0 spiro atoms. The molecule has 8 nitrogen and oxygen atoms in total. The van der Waals surface area contributed by atoms with Gasteiger partial charge in [0.15, 0.2) is 6.61 Å². The first-order valence-corrected chi connectivity index (χ1v) is 7.35. The minimum atomic E-state index is -0.593. The van der Waals surface area contributed by atoms with Crippen molar-refractivity contribution in [2.75, 3.05) is 11.9 Å². The normalized spacial score (nSPS) is 10.5. The molecule has 1 N–H and O–H groups in total. The van der Waals surface area contributed by atoms with Crippen LogP contribution in [0.25, 0.3) is 11.0 Å². The lowest BCUT2D eigenvalue weighted by Crippen LogP contribution is -2.23. The zero-order chi connectivity index (χ0) is 16.9.